The van der Waals surface area contributed by atoms with Crippen molar-refractivity contribution in [2.75, 3.05) is 0 Å². The molecule has 0 fully saturated rings. The van der Waals surface area contributed by atoms with Gasteiger partial charge in [-0.25, -0.2) is 0 Å². The van der Waals surface area contributed by atoms with Crippen LogP contribution in [0.15, 0.2) is 116 Å². The Balaban J connectivity index is 2.00. The Bertz CT molecular complexity index is 901. The maximum Gasteiger partial charge on any atom is 0.262 e. The van der Waals surface area contributed by atoms with Crippen LogP contribution in [-0.2, 0) is 6.29 Å². The van der Waals surface area contributed by atoms with E-state index in [2.05, 4.69) is 127 Å². The lowest BCUT2D eigenvalue weighted by Gasteiger charge is -2.24. The molecule has 0 aliphatic rings. The molecule has 1 aromatic heterocycles. The number of nitrogens with zero attached hydrogens (tertiary/aromatic N) is 1. The van der Waals surface area contributed by atoms with Gasteiger partial charge in [0.1, 0.15) is 15.9 Å². The molecular weight excluding hydrogens is 345 g/mol. The first-order valence-electron chi connectivity index (χ1n) is 9.30. The summed E-state index contributed by atoms with van der Waals surface area (Å²) in [5, 5.41) is 4.24. The highest BCUT2D eigenvalue weighted by molar-refractivity contribution is 7.94. The van der Waals surface area contributed by atoms with Crippen molar-refractivity contribution in [1.82, 2.24) is 0 Å². The Morgan fingerprint density at radius 2 is 1.04 bits per heavy atom. The lowest BCUT2D eigenvalue weighted by Crippen LogP contribution is -2.44. The molecule has 1 nitrogen and oxygen atoms in total. The second-order valence-electron chi connectivity index (χ2n) is 6.85. The highest BCUT2D eigenvalue weighted by Gasteiger charge is 2.49. The maximum atomic E-state index is 2.36. The van der Waals surface area contributed by atoms with E-state index < -0.39 is 7.26 Å². The molecule has 2 heteroatoms. The predicted molar refractivity (Wildman–Crippen MR) is 117 cm³/mol. The average Bonchev–Trinajstić information content (AvgIpc) is 2.74. The molecule has 0 radical (unpaired) electrons. The minimum atomic E-state index is -1.83. The SMILES string of the molecule is Cc1ccc[n+](C[P+](c2ccccc2)(c2ccccc2)c2ccccc2)c1. The normalized spacial score (nSPS) is 11.3. The lowest BCUT2D eigenvalue weighted by molar-refractivity contribution is -0.677. The van der Waals surface area contributed by atoms with Crippen molar-refractivity contribution in [1.29, 1.82) is 0 Å². The van der Waals surface area contributed by atoms with Crippen LogP contribution >= 0.6 is 7.26 Å². The van der Waals surface area contributed by atoms with Gasteiger partial charge in [-0.1, -0.05) is 54.6 Å². The van der Waals surface area contributed by atoms with Crippen molar-refractivity contribution in [3.8, 4) is 0 Å². The Hall–Kier alpha value is -2.76. The number of pyridine rings is 1. The van der Waals surface area contributed by atoms with Crippen molar-refractivity contribution in [2.24, 2.45) is 0 Å². The van der Waals surface area contributed by atoms with Gasteiger partial charge in [0.15, 0.2) is 19.7 Å². The van der Waals surface area contributed by atoms with Crippen LogP contribution in [0.2, 0.25) is 0 Å². The second-order valence-corrected chi connectivity index (χ2v) is 10.3. The fraction of sp³-hybridized carbons (Fsp3) is 0.0800. The van der Waals surface area contributed by atoms with E-state index in [1.807, 2.05) is 0 Å². The molecular formula is C25H24NP+2. The first-order chi connectivity index (χ1) is 13.3. The highest BCUT2D eigenvalue weighted by atomic mass is 31.2. The standard InChI is InChI=1S/C25H24NP/c1-22-12-11-19-26(20-22)21-27(23-13-5-2-6-14-23,24-15-7-3-8-16-24)25-17-9-4-10-18-25/h2-20H,21H2,1H3/q+2. The maximum absolute atomic E-state index is 2.36. The van der Waals surface area contributed by atoms with Crippen molar-refractivity contribution < 1.29 is 4.57 Å². The zero-order valence-corrected chi connectivity index (χ0v) is 16.5. The molecule has 0 N–H and O–H groups in total. The Labute approximate surface area is 162 Å². The lowest BCUT2D eigenvalue weighted by atomic mass is 10.3. The molecule has 4 aromatic rings. The van der Waals surface area contributed by atoms with E-state index in [0.717, 1.165) is 6.29 Å². The fourth-order valence-corrected chi connectivity index (χ4v) is 7.82. The van der Waals surface area contributed by atoms with Crippen LogP contribution in [0.4, 0.5) is 0 Å². The van der Waals surface area contributed by atoms with Gasteiger partial charge in [-0.05, 0) is 49.4 Å². The number of rotatable bonds is 5. The van der Waals surface area contributed by atoms with Crippen LogP contribution in [0.25, 0.3) is 0 Å². The monoisotopic (exact) mass is 369 g/mol. The van der Waals surface area contributed by atoms with Crippen LogP contribution in [0.3, 0.4) is 0 Å². The van der Waals surface area contributed by atoms with Crippen molar-refractivity contribution in [3.63, 3.8) is 0 Å². The molecule has 4 rings (SSSR count). The Kier molecular flexibility index (Phi) is 5.14. The Morgan fingerprint density at radius 3 is 1.44 bits per heavy atom. The van der Waals surface area contributed by atoms with E-state index >= 15 is 0 Å². The molecule has 132 valence electrons. The van der Waals surface area contributed by atoms with Crippen molar-refractivity contribution >= 4 is 23.2 Å². The van der Waals surface area contributed by atoms with Gasteiger partial charge < -0.3 is 0 Å². The zero-order chi connectivity index (χ0) is 18.5. The summed E-state index contributed by atoms with van der Waals surface area (Å²) in [7, 11) is -1.83. The van der Waals surface area contributed by atoms with Gasteiger partial charge in [0.05, 0.1) is 0 Å². The molecule has 0 unspecified atom stereocenters. The predicted octanol–water partition coefficient (Wildman–Crippen LogP) is 4.23. The van der Waals surface area contributed by atoms with Gasteiger partial charge in [0, 0.05) is 11.6 Å². The molecule has 1 heterocycles. The van der Waals surface area contributed by atoms with E-state index in [1.54, 1.807) is 0 Å². The van der Waals surface area contributed by atoms with Crippen LogP contribution < -0.4 is 20.5 Å². The third-order valence-electron chi connectivity index (χ3n) is 4.97. The quantitative estimate of drug-likeness (QED) is 0.366. The summed E-state index contributed by atoms with van der Waals surface area (Å²) in [5.74, 6) is 0. The fourth-order valence-electron chi connectivity index (χ4n) is 3.73. The summed E-state index contributed by atoms with van der Waals surface area (Å²) in [6.07, 6.45) is 5.40. The van der Waals surface area contributed by atoms with E-state index in [0.29, 0.717) is 0 Å². The number of hydrogen-bond donors (Lipinski definition) is 0. The summed E-state index contributed by atoms with van der Waals surface area (Å²) in [6.45, 7) is 2.16. The molecule has 0 aliphatic heterocycles. The average molecular weight is 369 g/mol. The zero-order valence-electron chi connectivity index (χ0n) is 15.6. The summed E-state index contributed by atoms with van der Waals surface area (Å²) >= 11 is 0. The minimum absolute atomic E-state index is 0.951. The summed E-state index contributed by atoms with van der Waals surface area (Å²) in [4.78, 5) is 0. The molecule has 3 aromatic carbocycles. The summed E-state index contributed by atoms with van der Waals surface area (Å²) in [5.41, 5.74) is 1.28. The first kappa shape index (κ1) is 17.6. The molecule has 0 bridgehead atoms. The number of benzene rings is 3. The van der Waals surface area contributed by atoms with E-state index in [1.165, 1.54) is 21.5 Å². The topological polar surface area (TPSA) is 3.88 Å². The van der Waals surface area contributed by atoms with Gasteiger partial charge in [0.2, 0.25) is 0 Å². The minimum Gasteiger partial charge on any atom is -0.171 e. The molecule has 0 spiro atoms. The molecule has 27 heavy (non-hydrogen) atoms. The third kappa shape index (κ3) is 3.56. The third-order valence-corrected chi connectivity index (χ3v) is 9.26. The van der Waals surface area contributed by atoms with Crippen LogP contribution in [0.1, 0.15) is 5.56 Å². The van der Waals surface area contributed by atoms with E-state index in [-0.39, 0.29) is 0 Å². The molecule has 0 atom stereocenters. The van der Waals surface area contributed by atoms with Crippen molar-refractivity contribution in [3.05, 3.63) is 121 Å². The largest absolute Gasteiger partial charge is 0.262 e. The van der Waals surface area contributed by atoms with E-state index in [4.69, 9.17) is 0 Å². The molecule has 0 amide bonds. The smallest absolute Gasteiger partial charge is 0.171 e. The number of aromatic nitrogens is 1. The van der Waals surface area contributed by atoms with Gasteiger partial charge in [-0.3, -0.25) is 0 Å². The number of hydrogen-bond acceptors (Lipinski definition) is 0. The molecule has 0 aliphatic carbocycles. The van der Waals surface area contributed by atoms with Gasteiger partial charge in [0.25, 0.3) is 6.29 Å². The Morgan fingerprint density at radius 1 is 0.593 bits per heavy atom. The molecule has 0 saturated carbocycles. The van der Waals surface area contributed by atoms with Crippen LogP contribution in [0.5, 0.6) is 0 Å². The summed E-state index contributed by atoms with van der Waals surface area (Å²) in [6, 6.07) is 37.4. The second kappa shape index (κ2) is 7.86. The number of aryl methyl sites for hydroxylation is 1. The van der Waals surface area contributed by atoms with Gasteiger partial charge >= 0.3 is 0 Å². The van der Waals surface area contributed by atoms with Crippen LogP contribution in [-0.4, -0.2) is 0 Å². The van der Waals surface area contributed by atoms with Gasteiger partial charge in [-0.15, -0.1) is 0 Å². The van der Waals surface area contributed by atoms with E-state index in [9.17, 15) is 0 Å². The molecule has 0 saturated heterocycles. The van der Waals surface area contributed by atoms with Crippen molar-refractivity contribution in [2.45, 2.75) is 13.2 Å². The summed E-state index contributed by atoms with van der Waals surface area (Å²) < 4.78 is 2.36. The first-order valence-corrected chi connectivity index (χ1v) is 11.3. The highest BCUT2D eigenvalue weighted by Crippen LogP contribution is 2.55. The van der Waals surface area contributed by atoms with Gasteiger partial charge in [-0.2, -0.15) is 4.57 Å². The van der Waals surface area contributed by atoms with Crippen LogP contribution in [0, 0.1) is 6.92 Å².